The van der Waals surface area contributed by atoms with Gasteiger partial charge in [-0.1, -0.05) is 6.07 Å². The number of nitrogens with one attached hydrogen (secondary N) is 1. The van der Waals surface area contributed by atoms with E-state index in [1.165, 1.54) is 6.39 Å². The zero-order valence-corrected chi connectivity index (χ0v) is 23.8. The van der Waals surface area contributed by atoms with Gasteiger partial charge in [0.2, 0.25) is 5.91 Å². The van der Waals surface area contributed by atoms with E-state index in [2.05, 4.69) is 10.3 Å². The van der Waals surface area contributed by atoms with Crippen LogP contribution in [0.4, 0.5) is 0 Å². The second kappa shape index (κ2) is 11.8. The first kappa shape index (κ1) is 27.6. The lowest BCUT2D eigenvalue weighted by Gasteiger charge is -2.24. The summed E-state index contributed by atoms with van der Waals surface area (Å²) in [6, 6.07) is 11.2. The molecule has 2 atom stereocenters. The molecule has 220 valence electrons. The molecule has 4 heterocycles. The zero-order valence-electron chi connectivity index (χ0n) is 23.8. The van der Waals surface area contributed by atoms with Gasteiger partial charge in [0.05, 0.1) is 26.2 Å². The van der Waals surface area contributed by atoms with Crippen LogP contribution in [0.2, 0.25) is 0 Å². The lowest BCUT2D eigenvalue weighted by molar-refractivity contribution is -0.124. The highest BCUT2D eigenvalue weighted by atomic mass is 16.5. The molecule has 6 rings (SSSR count). The highest BCUT2D eigenvalue weighted by Gasteiger charge is 2.41. The normalized spacial score (nSPS) is 20.5. The molecule has 0 aliphatic carbocycles. The van der Waals surface area contributed by atoms with Crippen LogP contribution < -0.4 is 19.5 Å². The third-order valence-corrected chi connectivity index (χ3v) is 8.25. The highest BCUT2D eigenvalue weighted by molar-refractivity contribution is 5.96. The number of carbonyl (C=O) groups excluding carboxylic acids is 3. The number of rotatable bonds is 3. The Morgan fingerprint density at radius 2 is 1.81 bits per heavy atom. The van der Waals surface area contributed by atoms with Crippen LogP contribution in [0.5, 0.6) is 17.2 Å². The monoisotopic (exact) mass is 574 g/mol. The summed E-state index contributed by atoms with van der Waals surface area (Å²) in [6.07, 6.45) is 2.57. The molecule has 0 spiro atoms. The first-order chi connectivity index (χ1) is 20.4. The lowest BCUT2D eigenvalue weighted by Crippen LogP contribution is -2.39. The molecule has 42 heavy (non-hydrogen) atoms. The van der Waals surface area contributed by atoms with Crippen molar-refractivity contribution in [1.82, 2.24) is 20.1 Å². The van der Waals surface area contributed by atoms with Crippen molar-refractivity contribution >= 4 is 17.7 Å². The van der Waals surface area contributed by atoms with Crippen molar-refractivity contribution < 1.29 is 33.0 Å². The van der Waals surface area contributed by atoms with E-state index in [-0.39, 0.29) is 35.9 Å². The Morgan fingerprint density at radius 1 is 0.976 bits per heavy atom. The molecule has 1 saturated heterocycles. The van der Waals surface area contributed by atoms with Gasteiger partial charge in [-0.25, -0.2) is 4.98 Å². The largest absolute Gasteiger partial charge is 0.493 e. The molecule has 1 aromatic heterocycles. The summed E-state index contributed by atoms with van der Waals surface area (Å²) in [4.78, 5) is 47.9. The van der Waals surface area contributed by atoms with E-state index in [4.69, 9.17) is 18.6 Å². The molecule has 0 unspecified atom stereocenters. The molecule has 3 aromatic rings. The molecule has 0 saturated carbocycles. The number of likely N-dealkylation sites (tertiary alicyclic amines) is 1. The van der Waals surface area contributed by atoms with Gasteiger partial charge in [0.15, 0.2) is 23.6 Å². The predicted molar refractivity (Wildman–Crippen MR) is 151 cm³/mol. The summed E-state index contributed by atoms with van der Waals surface area (Å²) >= 11 is 0. The lowest BCUT2D eigenvalue weighted by atomic mass is 9.88. The van der Waals surface area contributed by atoms with Gasteiger partial charge in [0.1, 0.15) is 18.1 Å². The number of hydrogen-bond donors (Lipinski definition) is 1. The third-order valence-electron chi connectivity index (χ3n) is 8.25. The van der Waals surface area contributed by atoms with E-state index < -0.39 is 5.92 Å². The predicted octanol–water partition coefficient (Wildman–Crippen LogP) is 2.82. The minimum absolute atomic E-state index is 0.106. The maximum Gasteiger partial charge on any atom is 0.276 e. The summed E-state index contributed by atoms with van der Waals surface area (Å²) in [6.45, 7) is 4.33. The molecule has 2 aromatic carbocycles. The van der Waals surface area contributed by atoms with Crippen LogP contribution >= 0.6 is 0 Å². The molecule has 3 aliphatic rings. The van der Waals surface area contributed by atoms with E-state index in [1.807, 2.05) is 30.3 Å². The standard InChI is InChI=1S/C31H34N4O7/c1-19-28(33-18-42-19)31(38)34-10-3-9-32-29(36)24-17-35(30(37)22-5-6-25-21(14-22)8-12-40-25)16-23(24)20-4-7-26(39-2)27(15-20)41-13-11-34/h4-7,14-15,18,23-24H,3,8-13,16-17H2,1-2H3,(H,32,36)/t23-,24+/m1/s1. The number of benzene rings is 2. The Hall–Kier alpha value is -4.54. The number of aromatic nitrogens is 1. The van der Waals surface area contributed by atoms with E-state index in [0.29, 0.717) is 68.6 Å². The number of methoxy groups -OCH3 is 1. The summed E-state index contributed by atoms with van der Waals surface area (Å²) in [5.74, 6) is 1.16. The molecule has 1 fully saturated rings. The van der Waals surface area contributed by atoms with Gasteiger partial charge in [0.25, 0.3) is 11.8 Å². The minimum atomic E-state index is -0.452. The van der Waals surface area contributed by atoms with E-state index in [1.54, 1.807) is 29.9 Å². The highest BCUT2D eigenvalue weighted by Crippen LogP contribution is 2.38. The number of oxazole rings is 1. The van der Waals surface area contributed by atoms with Crippen molar-refractivity contribution in [2.45, 2.75) is 25.7 Å². The van der Waals surface area contributed by atoms with Gasteiger partial charge >= 0.3 is 0 Å². The third kappa shape index (κ3) is 5.38. The summed E-state index contributed by atoms with van der Waals surface area (Å²) in [5.41, 5.74) is 2.76. The Bertz CT molecular complexity index is 1500. The maximum absolute atomic E-state index is 13.6. The van der Waals surface area contributed by atoms with Crippen LogP contribution in [0.1, 0.15) is 50.1 Å². The van der Waals surface area contributed by atoms with Crippen molar-refractivity contribution in [3.05, 3.63) is 70.9 Å². The van der Waals surface area contributed by atoms with E-state index >= 15 is 0 Å². The molecular formula is C31H34N4O7. The SMILES string of the molecule is COc1ccc2cc1OCCN(C(=O)c1ncoc1C)CCCNC(=O)[C@H]1CN(C(=O)c3ccc4c(c3)CCO4)C[C@H]21. The van der Waals surface area contributed by atoms with E-state index in [9.17, 15) is 14.4 Å². The number of hydrogen-bond acceptors (Lipinski definition) is 8. The average Bonchev–Trinajstić information content (AvgIpc) is 3.76. The van der Waals surface area contributed by atoms with Gasteiger partial charge in [-0.15, -0.1) is 0 Å². The zero-order chi connectivity index (χ0) is 29.2. The van der Waals surface area contributed by atoms with Crippen molar-refractivity contribution in [3.8, 4) is 17.2 Å². The Labute approximate surface area is 243 Å². The number of fused-ring (bicyclic) bond motifs is 5. The summed E-state index contributed by atoms with van der Waals surface area (Å²) in [5, 5.41) is 3.06. The molecule has 1 N–H and O–H groups in total. The quantitative estimate of drug-likeness (QED) is 0.507. The van der Waals surface area contributed by atoms with Crippen LogP contribution in [0, 0.1) is 12.8 Å². The Balaban J connectivity index is 1.25. The Kier molecular flexibility index (Phi) is 7.73. The average molecular weight is 575 g/mol. The Morgan fingerprint density at radius 3 is 2.62 bits per heavy atom. The van der Waals surface area contributed by atoms with Gasteiger partial charge in [-0.05, 0) is 54.8 Å². The van der Waals surface area contributed by atoms with Crippen molar-refractivity contribution in [2.75, 3.05) is 53.0 Å². The number of amides is 3. The van der Waals surface area contributed by atoms with Crippen LogP contribution in [-0.4, -0.2) is 85.6 Å². The smallest absolute Gasteiger partial charge is 0.276 e. The van der Waals surface area contributed by atoms with Crippen molar-refractivity contribution in [2.24, 2.45) is 5.92 Å². The number of ether oxygens (including phenoxy) is 3. The van der Waals surface area contributed by atoms with E-state index in [0.717, 1.165) is 23.3 Å². The van der Waals surface area contributed by atoms with Gasteiger partial charge in [0, 0.05) is 44.1 Å². The fourth-order valence-electron chi connectivity index (χ4n) is 5.97. The second-order valence-corrected chi connectivity index (χ2v) is 10.8. The number of carbonyl (C=O) groups is 3. The molecule has 0 radical (unpaired) electrons. The second-order valence-electron chi connectivity index (χ2n) is 10.8. The van der Waals surface area contributed by atoms with Gasteiger partial charge in [-0.2, -0.15) is 0 Å². The summed E-state index contributed by atoms with van der Waals surface area (Å²) < 4.78 is 22.5. The fourth-order valence-corrected chi connectivity index (χ4v) is 5.97. The van der Waals surface area contributed by atoms with Crippen molar-refractivity contribution in [1.29, 1.82) is 0 Å². The van der Waals surface area contributed by atoms with Crippen molar-refractivity contribution in [3.63, 3.8) is 0 Å². The van der Waals surface area contributed by atoms with Gasteiger partial charge in [-0.3, -0.25) is 14.4 Å². The topological polar surface area (TPSA) is 123 Å². The molecule has 2 bridgehead atoms. The van der Waals surface area contributed by atoms with Gasteiger partial charge < -0.3 is 33.7 Å². The molecule has 3 aliphatic heterocycles. The first-order valence-corrected chi connectivity index (χ1v) is 14.3. The van der Waals surface area contributed by atoms with Crippen LogP contribution in [-0.2, 0) is 11.2 Å². The number of aryl methyl sites for hydroxylation is 1. The summed E-state index contributed by atoms with van der Waals surface area (Å²) in [7, 11) is 1.57. The molecule has 3 amide bonds. The molecular weight excluding hydrogens is 540 g/mol. The maximum atomic E-state index is 13.6. The molecule has 11 nitrogen and oxygen atoms in total. The number of nitrogens with zero attached hydrogens (tertiary/aromatic N) is 3. The fraction of sp³-hybridized carbons (Fsp3) is 0.419. The van der Waals surface area contributed by atoms with Crippen LogP contribution in [0.3, 0.4) is 0 Å². The first-order valence-electron chi connectivity index (χ1n) is 14.3. The van der Waals surface area contributed by atoms with Crippen LogP contribution in [0.15, 0.2) is 47.2 Å². The van der Waals surface area contributed by atoms with Crippen LogP contribution in [0.25, 0.3) is 0 Å². The molecule has 11 heteroatoms. The minimum Gasteiger partial charge on any atom is -0.493 e.